The smallest absolute Gasteiger partial charge is 0.450 e. The van der Waals surface area contributed by atoms with Crippen molar-refractivity contribution < 1.29 is 24.3 Å². The lowest BCUT2D eigenvalue weighted by Crippen LogP contribution is -2.13. The summed E-state index contributed by atoms with van der Waals surface area (Å²) in [5.74, 6) is 1.14. The van der Waals surface area contributed by atoms with Gasteiger partial charge in [-0.25, -0.2) is 4.79 Å². The molecule has 2 aromatic heterocycles. The largest absolute Gasteiger partial charge is 0.503 e. The maximum atomic E-state index is 12.4. The monoisotopic (exact) mass is 377 g/mol. The topological polar surface area (TPSA) is 126 Å². The average molecular weight is 377 g/mol. The summed E-state index contributed by atoms with van der Waals surface area (Å²) in [5.41, 5.74) is 3.09. The first-order valence-electron chi connectivity index (χ1n) is 8.33. The molecule has 0 spiro atoms. The normalized spacial score (nSPS) is 15.0. The number of hydrogen-bond acceptors (Lipinski definition) is 6. The number of nitrogens with zero attached hydrogens (tertiary/aromatic N) is 2. The van der Waals surface area contributed by atoms with Crippen LogP contribution in [0.4, 0.5) is 9.80 Å². The Bertz CT molecular complexity index is 864. The molecule has 0 fully saturated rings. The molecule has 0 saturated carbocycles. The highest BCUT2D eigenvalue weighted by Gasteiger charge is 2.28. The van der Waals surface area contributed by atoms with Crippen molar-refractivity contribution >= 4 is 28.4 Å². The molecule has 3 N–H and O–H groups in total. The fourth-order valence-corrected chi connectivity index (χ4v) is 4.45. The van der Waals surface area contributed by atoms with Gasteiger partial charge in [-0.05, 0) is 51.0 Å². The van der Waals surface area contributed by atoms with E-state index >= 15 is 0 Å². The van der Waals surface area contributed by atoms with Gasteiger partial charge >= 0.3 is 6.16 Å². The van der Waals surface area contributed by atoms with Crippen LogP contribution in [0.5, 0.6) is 0 Å². The van der Waals surface area contributed by atoms with Crippen molar-refractivity contribution in [3.8, 4) is 11.5 Å². The van der Waals surface area contributed by atoms with Gasteiger partial charge in [0.1, 0.15) is 5.00 Å². The average Bonchev–Trinajstić information content (AvgIpc) is 3.29. The van der Waals surface area contributed by atoms with Crippen LogP contribution in [0.15, 0.2) is 16.2 Å². The third-order valence-corrected chi connectivity index (χ3v) is 5.43. The lowest BCUT2D eigenvalue weighted by Gasteiger charge is -2.06. The number of rotatable bonds is 3. The van der Waals surface area contributed by atoms with Gasteiger partial charge in [0.15, 0.2) is 5.82 Å². The van der Waals surface area contributed by atoms with Gasteiger partial charge in [0.25, 0.3) is 11.8 Å². The number of nitrogens with one attached hydrogen (secondary N) is 1. The molecule has 0 unspecified atom stereocenters. The van der Waals surface area contributed by atoms with Gasteiger partial charge in [-0.1, -0.05) is 11.2 Å². The Morgan fingerprint density at radius 3 is 2.62 bits per heavy atom. The van der Waals surface area contributed by atoms with E-state index in [4.69, 9.17) is 19.5 Å². The predicted octanol–water partition coefficient (Wildman–Crippen LogP) is 3.87. The number of thiophene rings is 1. The minimum Gasteiger partial charge on any atom is -0.450 e. The number of carbonyl (C=O) groups excluding carboxylic acids is 1. The molecule has 2 aromatic rings. The van der Waals surface area contributed by atoms with E-state index in [1.54, 1.807) is 18.3 Å². The third kappa shape index (κ3) is 3.93. The molecule has 0 atom stereocenters. The molecule has 1 amide bonds. The second-order valence-corrected chi connectivity index (χ2v) is 7.17. The van der Waals surface area contributed by atoms with Crippen LogP contribution in [-0.4, -0.2) is 32.4 Å². The van der Waals surface area contributed by atoms with Gasteiger partial charge in [-0.15, -0.1) is 11.3 Å². The van der Waals surface area contributed by atoms with Crippen LogP contribution in [0.2, 0.25) is 0 Å². The first kappa shape index (κ1) is 18.1. The van der Waals surface area contributed by atoms with E-state index in [0.29, 0.717) is 11.7 Å². The minimum absolute atomic E-state index is 0.00918. The van der Waals surface area contributed by atoms with Crippen LogP contribution in [-0.2, 0) is 17.6 Å². The summed E-state index contributed by atoms with van der Waals surface area (Å²) in [6.45, 7) is 1.81. The summed E-state index contributed by atoms with van der Waals surface area (Å²) >= 11 is 1.65. The zero-order chi connectivity index (χ0) is 18.7. The van der Waals surface area contributed by atoms with Crippen molar-refractivity contribution in [3.63, 3.8) is 0 Å². The molecule has 2 aliphatic rings. The molecular formula is C17H19N3O5S. The molecule has 0 radical (unpaired) electrons. The first-order chi connectivity index (χ1) is 12.5. The number of aryl methyl sites for hydroxylation is 2. The number of carboxylic acid groups (broad SMARTS) is 2. The Kier molecular flexibility index (Phi) is 5.36. The summed E-state index contributed by atoms with van der Waals surface area (Å²) in [4.78, 5) is 26.6. The summed E-state index contributed by atoms with van der Waals surface area (Å²) in [7, 11) is 0. The Labute approximate surface area is 153 Å². The number of aromatic nitrogens is 2. The maximum absolute atomic E-state index is 12.4. The van der Waals surface area contributed by atoms with E-state index < -0.39 is 6.16 Å². The molecule has 138 valence electrons. The highest BCUT2D eigenvalue weighted by molar-refractivity contribution is 7.17. The van der Waals surface area contributed by atoms with Crippen molar-refractivity contribution in [3.05, 3.63) is 27.9 Å². The summed E-state index contributed by atoms with van der Waals surface area (Å²) in [5, 5.41) is 21.8. The summed E-state index contributed by atoms with van der Waals surface area (Å²) in [6.07, 6.45) is 6.37. The number of fused-ring (bicyclic) bond motifs is 1. The van der Waals surface area contributed by atoms with Crippen LogP contribution in [0.3, 0.4) is 0 Å². The van der Waals surface area contributed by atoms with Crippen LogP contribution in [0.1, 0.15) is 41.9 Å². The number of carbonyl (C=O) groups is 2. The second-order valence-electron chi connectivity index (χ2n) is 6.07. The molecular weight excluding hydrogens is 358 g/mol. The lowest BCUT2D eigenvalue weighted by atomic mass is 10.1. The molecule has 0 saturated heterocycles. The fraction of sp³-hybridized carbons (Fsp3) is 0.412. The Morgan fingerprint density at radius 2 is 2.00 bits per heavy atom. The molecule has 8 nitrogen and oxygen atoms in total. The van der Waals surface area contributed by atoms with Crippen molar-refractivity contribution in [1.29, 1.82) is 0 Å². The van der Waals surface area contributed by atoms with Gasteiger partial charge < -0.3 is 20.1 Å². The lowest BCUT2D eigenvalue weighted by molar-refractivity contribution is -0.112. The highest BCUT2D eigenvalue weighted by Crippen LogP contribution is 2.44. The second kappa shape index (κ2) is 7.69. The molecule has 2 heterocycles. The minimum atomic E-state index is -1.83. The molecule has 0 aliphatic heterocycles. The number of anilines is 1. The van der Waals surface area contributed by atoms with E-state index in [-0.39, 0.29) is 5.91 Å². The van der Waals surface area contributed by atoms with Crippen molar-refractivity contribution in [2.24, 2.45) is 0 Å². The number of amides is 1. The molecule has 26 heavy (non-hydrogen) atoms. The Balaban J connectivity index is 0.000000447. The summed E-state index contributed by atoms with van der Waals surface area (Å²) < 4.78 is 5.36. The van der Waals surface area contributed by atoms with Crippen LogP contribution >= 0.6 is 11.3 Å². The van der Waals surface area contributed by atoms with Crippen molar-refractivity contribution in [1.82, 2.24) is 10.1 Å². The molecule has 0 aromatic carbocycles. The van der Waals surface area contributed by atoms with Crippen molar-refractivity contribution in [2.45, 2.75) is 45.4 Å². The van der Waals surface area contributed by atoms with Crippen LogP contribution in [0.25, 0.3) is 11.5 Å². The molecule has 2 aliphatic carbocycles. The van der Waals surface area contributed by atoms with Crippen LogP contribution < -0.4 is 5.32 Å². The van der Waals surface area contributed by atoms with Gasteiger partial charge in [0.2, 0.25) is 0 Å². The van der Waals surface area contributed by atoms with Crippen LogP contribution in [0, 0.1) is 6.92 Å². The van der Waals surface area contributed by atoms with E-state index in [1.807, 2.05) is 6.08 Å². The van der Waals surface area contributed by atoms with E-state index in [9.17, 15) is 4.79 Å². The predicted molar refractivity (Wildman–Crippen MR) is 95.6 cm³/mol. The SMILES string of the molecule is Cc1noc(-c2c(NC(=O)C3=CCCC3)sc3c2CCC3)n1.O=C(O)O. The summed E-state index contributed by atoms with van der Waals surface area (Å²) in [6, 6.07) is 0. The van der Waals surface area contributed by atoms with E-state index in [0.717, 1.165) is 54.7 Å². The quantitative estimate of drug-likeness (QED) is 0.741. The number of allylic oxidation sites excluding steroid dienone is 1. The molecule has 0 bridgehead atoms. The third-order valence-electron chi connectivity index (χ3n) is 4.22. The zero-order valence-corrected chi connectivity index (χ0v) is 15.1. The fourth-order valence-electron chi connectivity index (χ4n) is 3.18. The zero-order valence-electron chi connectivity index (χ0n) is 14.2. The van der Waals surface area contributed by atoms with Gasteiger partial charge in [-0.2, -0.15) is 4.98 Å². The Morgan fingerprint density at radius 1 is 1.23 bits per heavy atom. The molecule has 9 heteroatoms. The van der Waals surface area contributed by atoms with Gasteiger partial charge in [-0.3, -0.25) is 4.79 Å². The first-order valence-corrected chi connectivity index (χ1v) is 9.15. The van der Waals surface area contributed by atoms with E-state index in [1.165, 1.54) is 10.4 Å². The molecule has 4 rings (SSSR count). The highest BCUT2D eigenvalue weighted by atomic mass is 32.1. The van der Waals surface area contributed by atoms with Crippen molar-refractivity contribution in [2.75, 3.05) is 5.32 Å². The number of hydrogen-bond donors (Lipinski definition) is 3. The van der Waals surface area contributed by atoms with Gasteiger partial charge in [0, 0.05) is 10.5 Å². The standard InChI is InChI=1S/C16H17N3O2S.CH2O3/c1-9-17-15(21-19-9)13-11-7-4-8-12(11)22-16(13)18-14(20)10-5-2-3-6-10;2-1(3)4/h5H,2-4,6-8H2,1H3,(H,18,20);(H2,2,3,4). The van der Waals surface area contributed by atoms with E-state index in [2.05, 4.69) is 15.5 Å². The Hall–Kier alpha value is -2.68. The maximum Gasteiger partial charge on any atom is 0.503 e. The van der Waals surface area contributed by atoms with Gasteiger partial charge in [0.05, 0.1) is 5.56 Å².